The number of carbonyl (C=O) groups excluding carboxylic acids is 2. The molecule has 1 heterocycles. The second-order valence-electron chi connectivity index (χ2n) is 4.26. The Labute approximate surface area is 119 Å². The van der Waals surface area contributed by atoms with E-state index in [9.17, 15) is 9.59 Å². The fraction of sp³-hybridized carbons (Fsp3) is 0. The van der Waals surface area contributed by atoms with Gasteiger partial charge in [-0.3, -0.25) is 9.59 Å². The molecule has 0 radical (unpaired) electrons. The first-order chi connectivity index (χ1) is 9.63. The van der Waals surface area contributed by atoms with Crippen LogP contribution in [0.4, 0.5) is 5.69 Å². The molecule has 5 heteroatoms. The van der Waals surface area contributed by atoms with Crippen LogP contribution in [-0.4, -0.2) is 11.8 Å². The van der Waals surface area contributed by atoms with Crippen LogP contribution in [0.25, 0.3) is 0 Å². The predicted molar refractivity (Wildman–Crippen MR) is 73.7 cm³/mol. The highest BCUT2D eigenvalue weighted by atomic mass is 35.5. The number of para-hydroxylation sites is 1. The average Bonchev–Trinajstić information content (AvgIpc) is 2.70. The van der Waals surface area contributed by atoms with Crippen molar-refractivity contribution in [3.05, 3.63) is 64.2 Å². The Bertz CT molecular complexity index is 793. The molecule has 0 aliphatic carbocycles. The van der Waals surface area contributed by atoms with E-state index in [0.29, 0.717) is 10.6 Å². The lowest BCUT2D eigenvalue weighted by atomic mass is 10.1. The third kappa shape index (κ3) is 1.68. The average molecular weight is 283 g/mol. The zero-order valence-electron chi connectivity index (χ0n) is 10.1. The van der Waals surface area contributed by atoms with Crippen molar-refractivity contribution in [3.8, 4) is 6.07 Å². The Morgan fingerprint density at radius 1 is 1.00 bits per heavy atom. The minimum Gasteiger partial charge on any atom is -0.268 e. The molecule has 2 aromatic rings. The summed E-state index contributed by atoms with van der Waals surface area (Å²) < 4.78 is 0. The quantitative estimate of drug-likeness (QED) is 0.755. The van der Waals surface area contributed by atoms with E-state index in [1.165, 1.54) is 12.1 Å². The lowest BCUT2D eigenvalue weighted by molar-refractivity contribution is 0.0926. The number of halogens is 1. The van der Waals surface area contributed by atoms with E-state index in [1.54, 1.807) is 30.3 Å². The van der Waals surface area contributed by atoms with Crippen molar-refractivity contribution in [1.29, 1.82) is 5.26 Å². The summed E-state index contributed by atoms with van der Waals surface area (Å²) in [5.41, 5.74) is 1.12. The molecule has 0 fully saturated rings. The SMILES string of the molecule is N#Cc1ccccc1N1C(=O)c2ccc(Cl)cc2C1=O. The number of rotatable bonds is 1. The van der Waals surface area contributed by atoms with Crippen molar-refractivity contribution < 1.29 is 9.59 Å². The molecule has 0 N–H and O–H groups in total. The van der Waals surface area contributed by atoms with E-state index in [2.05, 4.69) is 0 Å². The van der Waals surface area contributed by atoms with Gasteiger partial charge in [0.05, 0.1) is 22.4 Å². The second kappa shape index (κ2) is 4.48. The van der Waals surface area contributed by atoms with E-state index in [0.717, 1.165) is 4.90 Å². The van der Waals surface area contributed by atoms with Gasteiger partial charge in [-0.05, 0) is 30.3 Å². The first-order valence-electron chi connectivity index (χ1n) is 5.81. The Morgan fingerprint density at radius 2 is 1.70 bits per heavy atom. The van der Waals surface area contributed by atoms with Gasteiger partial charge in [-0.2, -0.15) is 5.26 Å². The molecular weight excluding hydrogens is 276 g/mol. The molecule has 0 spiro atoms. The molecule has 2 amide bonds. The van der Waals surface area contributed by atoms with Crippen molar-refractivity contribution in [2.24, 2.45) is 0 Å². The molecule has 0 bridgehead atoms. The highest BCUT2D eigenvalue weighted by molar-refractivity contribution is 6.37. The van der Waals surface area contributed by atoms with Crippen LogP contribution < -0.4 is 4.90 Å². The molecule has 2 aromatic carbocycles. The van der Waals surface area contributed by atoms with Crippen LogP contribution in [0.15, 0.2) is 42.5 Å². The number of carbonyl (C=O) groups is 2. The summed E-state index contributed by atoms with van der Waals surface area (Å²) in [7, 11) is 0. The largest absolute Gasteiger partial charge is 0.268 e. The highest BCUT2D eigenvalue weighted by Crippen LogP contribution is 2.31. The third-order valence-corrected chi connectivity index (χ3v) is 3.35. The molecule has 20 heavy (non-hydrogen) atoms. The number of anilines is 1. The molecule has 3 rings (SSSR count). The van der Waals surface area contributed by atoms with Crippen molar-refractivity contribution >= 4 is 29.1 Å². The lowest BCUT2D eigenvalue weighted by Gasteiger charge is -2.14. The van der Waals surface area contributed by atoms with Gasteiger partial charge in [-0.1, -0.05) is 23.7 Å². The number of imide groups is 1. The van der Waals surface area contributed by atoms with Gasteiger partial charge in [-0.25, -0.2) is 4.90 Å². The van der Waals surface area contributed by atoms with Crippen LogP contribution in [0.1, 0.15) is 26.3 Å². The summed E-state index contributed by atoms with van der Waals surface area (Å²) in [5.74, 6) is -0.903. The van der Waals surface area contributed by atoms with Crippen LogP contribution in [0.3, 0.4) is 0 Å². The molecule has 0 aromatic heterocycles. The van der Waals surface area contributed by atoms with Gasteiger partial charge in [0, 0.05) is 5.02 Å². The van der Waals surface area contributed by atoms with Crippen molar-refractivity contribution in [2.45, 2.75) is 0 Å². The fourth-order valence-corrected chi connectivity index (χ4v) is 2.37. The first kappa shape index (κ1) is 12.4. The first-order valence-corrected chi connectivity index (χ1v) is 6.19. The zero-order chi connectivity index (χ0) is 14.3. The summed E-state index contributed by atoms with van der Waals surface area (Å²) in [5, 5.41) is 9.48. The maximum Gasteiger partial charge on any atom is 0.266 e. The van der Waals surface area contributed by atoms with E-state index in [1.807, 2.05) is 6.07 Å². The Morgan fingerprint density at radius 3 is 2.45 bits per heavy atom. The van der Waals surface area contributed by atoms with E-state index >= 15 is 0 Å². The topological polar surface area (TPSA) is 61.2 Å². The molecule has 96 valence electrons. The summed E-state index contributed by atoms with van der Waals surface area (Å²) in [6.07, 6.45) is 0. The number of nitrogens with zero attached hydrogens (tertiary/aromatic N) is 2. The molecule has 0 unspecified atom stereocenters. The maximum absolute atomic E-state index is 12.4. The number of benzene rings is 2. The molecular formula is C15H7ClN2O2. The van der Waals surface area contributed by atoms with Gasteiger partial charge in [0.15, 0.2) is 0 Å². The monoisotopic (exact) mass is 282 g/mol. The normalized spacial score (nSPS) is 13.3. The number of nitriles is 1. The number of hydrogen-bond acceptors (Lipinski definition) is 3. The molecule has 0 saturated heterocycles. The third-order valence-electron chi connectivity index (χ3n) is 3.11. The predicted octanol–water partition coefficient (Wildman–Crippen LogP) is 3.01. The van der Waals surface area contributed by atoms with Crippen molar-refractivity contribution in [3.63, 3.8) is 0 Å². The maximum atomic E-state index is 12.4. The van der Waals surface area contributed by atoms with Gasteiger partial charge < -0.3 is 0 Å². The van der Waals surface area contributed by atoms with Crippen LogP contribution in [0.2, 0.25) is 5.02 Å². The Balaban J connectivity index is 2.17. The zero-order valence-corrected chi connectivity index (χ0v) is 10.9. The van der Waals surface area contributed by atoms with Crippen LogP contribution >= 0.6 is 11.6 Å². The van der Waals surface area contributed by atoms with Gasteiger partial charge in [-0.15, -0.1) is 0 Å². The van der Waals surface area contributed by atoms with E-state index in [4.69, 9.17) is 16.9 Å². The molecule has 0 atom stereocenters. The van der Waals surface area contributed by atoms with Crippen LogP contribution in [0, 0.1) is 11.3 Å². The summed E-state index contributed by atoms with van der Waals surface area (Å²) >= 11 is 5.85. The van der Waals surface area contributed by atoms with Gasteiger partial charge in [0.25, 0.3) is 11.8 Å². The second-order valence-corrected chi connectivity index (χ2v) is 4.70. The number of fused-ring (bicyclic) bond motifs is 1. The lowest BCUT2D eigenvalue weighted by Crippen LogP contribution is -2.30. The highest BCUT2D eigenvalue weighted by Gasteiger charge is 2.37. The van der Waals surface area contributed by atoms with E-state index in [-0.39, 0.29) is 16.8 Å². The van der Waals surface area contributed by atoms with Gasteiger partial charge >= 0.3 is 0 Å². The van der Waals surface area contributed by atoms with Gasteiger partial charge in [0.1, 0.15) is 6.07 Å². The smallest absolute Gasteiger partial charge is 0.266 e. The molecule has 1 aliphatic rings. The fourth-order valence-electron chi connectivity index (χ4n) is 2.20. The summed E-state index contributed by atoms with van der Waals surface area (Å²) in [4.78, 5) is 25.7. The molecule has 1 aliphatic heterocycles. The van der Waals surface area contributed by atoms with Gasteiger partial charge in [0.2, 0.25) is 0 Å². The summed E-state index contributed by atoms with van der Waals surface area (Å²) in [6, 6.07) is 13.0. The Hall–Kier alpha value is -2.64. The van der Waals surface area contributed by atoms with Crippen molar-refractivity contribution in [2.75, 3.05) is 4.90 Å². The number of amides is 2. The van der Waals surface area contributed by atoms with Crippen LogP contribution in [-0.2, 0) is 0 Å². The van der Waals surface area contributed by atoms with Crippen LogP contribution in [0.5, 0.6) is 0 Å². The minimum atomic E-state index is -0.463. The van der Waals surface area contributed by atoms with E-state index < -0.39 is 11.8 Å². The summed E-state index contributed by atoms with van der Waals surface area (Å²) in [6.45, 7) is 0. The number of hydrogen-bond donors (Lipinski definition) is 0. The minimum absolute atomic E-state index is 0.259. The molecule has 0 saturated carbocycles. The Kier molecular flexibility index (Phi) is 2.78. The standard InChI is InChI=1S/C15H7ClN2O2/c16-10-5-6-11-12(7-10)15(20)18(14(11)19)13-4-2-1-3-9(13)8-17/h1-7H. The van der Waals surface area contributed by atoms with Crippen molar-refractivity contribution in [1.82, 2.24) is 0 Å². The molecule has 4 nitrogen and oxygen atoms in total.